The summed E-state index contributed by atoms with van der Waals surface area (Å²) in [4.78, 5) is 41.8. The molecule has 0 radical (unpaired) electrons. The van der Waals surface area contributed by atoms with E-state index in [2.05, 4.69) is 4.98 Å². The van der Waals surface area contributed by atoms with E-state index in [9.17, 15) is 14.4 Å². The number of H-pyrrole nitrogens is 1. The van der Waals surface area contributed by atoms with Crippen LogP contribution in [0, 0.1) is 0 Å². The van der Waals surface area contributed by atoms with Crippen molar-refractivity contribution in [2.24, 2.45) is 0 Å². The molecule has 1 aromatic carbocycles. The minimum atomic E-state index is -0.694. The van der Waals surface area contributed by atoms with Gasteiger partial charge in [0.15, 0.2) is 17.2 Å². The highest BCUT2D eigenvalue weighted by Gasteiger charge is 2.22. The molecule has 0 aliphatic rings. The standard InChI is InChI=1S/C24H34N4O6/c1-6-8-12-27(20-22(25)28(13-9-7-2)24(31)26-23(20)30)19(29)11-10-16-14-17(32-3)21(34-5)18(15-16)33-4/h10-11,14-15H,6-9,12-13,25H2,1-5H3,(H,26,30,31)/b11-10+. The number of hydrogen-bond acceptors (Lipinski definition) is 7. The van der Waals surface area contributed by atoms with E-state index in [0.717, 1.165) is 12.8 Å². The molecule has 0 unspecified atom stereocenters. The van der Waals surface area contributed by atoms with Crippen LogP contribution in [0.25, 0.3) is 6.08 Å². The van der Waals surface area contributed by atoms with E-state index in [-0.39, 0.29) is 18.1 Å². The van der Waals surface area contributed by atoms with E-state index in [1.54, 1.807) is 18.2 Å². The van der Waals surface area contributed by atoms with Crippen LogP contribution in [-0.2, 0) is 11.3 Å². The van der Waals surface area contributed by atoms with Gasteiger partial charge in [0.1, 0.15) is 5.82 Å². The van der Waals surface area contributed by atoms with Crippen LogP contribution in [0.5, 0.6) is 17.2 Å². The van der Waals surface area contributed by atoms with Crippen LogP contribution < -0.4 is 36.1 Å². The van der Waals surface area contributed by atoms with Gasteiger partial charge in [0.2, 0.25) is 5.75 Å². The lowest BCUT2D eigenvalue weighted by Gasteiger charge is -2.23. The van der Waals surface area contributed by atoms with Crippen LogP contribution in [0.2, 0.25) is 0 Å². The van der Waals surface area contributed by atoms with Gasteiger partial charge >= 0.3 is 5.69 Å². The Morgan fingerprint density at radius 2 is 1.68 bits per heavy atom. The third kappa shape index (κ3) is 6.00. The van der Waals surface area contributed by atoms with Gasteiger partial charge in [-0.05, 0) is 36.6 Å². The van der Waals surface area contributed by atoms with Crippen molar-refractivity contribution in [3.63, 3.8) is 0 Å². The number of unbranched alkanes of at least 4 members (excludes halogenated alkanes) is 2. The number of aromatic amines is 1. The van der Waals surface area contributed by atoms with E-state index in [1.165, 1.54) is 36.9 Å². The average Bonchev–Trinajstić information content (AvgIpc) is 2.83. The molecule has 34 heavy (non-hydrogen) atoms. The number of nitrogens with zero attached hydrogens (tertiary/aromatic N) is 2. The first-order valence-corrected chi connectivity index (χ1v) is 11.2. The fourth-order valence-electron chi connectivity index (χ4n) is 3.48. The van der Waals surface area contributed by atoms with Gasteiger partial charge in [-0.15, -0.1) is 0 Å². The van der Waals surface area contributed by atoms with Crippen molar-refractivity contribution in [3.8, 4) is 17.2 Å². The molecule has 0 spiro atoms. The number of anilines is 2. The molecule has 1 aromatic heterocycles. The van der Waals surface area contributed by atoms with Gasteiger partial charge in [0.05, 0.1) is 21.3 Å². The van der Waals surface area contributed by atoms with E-state index in [4.69, 9.17) is 19.9 Å². The normalized spacial score (nSPS) is 11.0. The summed E-state index contributed by atoms with van der Waals surface area (Å²) in [5, 5.41) is 0. The Hall–Kier alpha value is -3.69. The van der Waals surface area contributed by atoms with Crippen LogP contribution in [-0.4, -0.2) is 43.3 Å². The number of nitrogen functional groups attached to an aromatic ring is 1. The third-order valence-electron chi connectivity index (χ3n) is 5.33. The van der Waals surface area contributed by atoms with Crippen LogP contribution >= 0.6 is 0 Å². The molecule has 0 saturated heterocycles. The average molecular weight is 475 g/mol. The minimum Gasteiger partial charge on any atom is -0.493 e. The summed E-state index contributed by atoms with van der Waals surface area (Å²) < 4.78 is 17.3. The summed E-state index contributed by atoms with van der Waals surface area (Å²) in [6.07, 6.45) is 5.93. The molecule has 0 aliphatic heterocycles. The molecule has 0 fully saturated rings. The quantitative estimate of drug-likeness (QED) is 0.453. The number of carbonyl (C=O) groups is 1. The Bertz CT molecular complexity index is 1110. The number of methoxy groups -OCH3 is 3. The van der Waals surface area contributed by atoms with Crippen molar-refractivity contribution in [1.82, 2.24) is 9.55 Å². The van der Waals surface area contributed by atoms with Gasteiger partial charge in [0, 0.05) is 19.2 Å². The number of nitrogens with two attached hydrogens (primary N) is 1. The van der Waals surface area contributed by atoms with E-state index >= 15 is 0 Å². The Balaban J connectivity index is 2.50. The number of benzene rings is 1. The number of amides is 1. The van der Waals surface area contributed by atoms with E-state index < -0.39 is 17.2 Å². The van der Waals surface area contributed by atoms with E-state index in [1.807, 2.05) is 13.8 Å². The number of rotatable bonds is 12. The van der Waals surface area contributed by atoms with E-state index in [0.29, 0.717) is 42.2 Å². The molecule has 1 amide bonds. The maximum Gasteiger partial charge on any atom is 0.330 e. The first-order valence-electron chi connectivity index (χ1n) is 11.2. The molecule has 0 aliphatic carbocycles. The highest BCUT2D eigenvalue weighted by atomic mass is 16.5. The summed E-state index contributed by atoms with van der Waals surface area (Å²) in [5.74, 6) is 0.862. The number of nitrogens with one attached hydrogen (secondary N) is 1. The molecular formula is C24H34N4O6. The number of carbonyl (C=O) groups excluding carboxylic acids is 1. The second-order valence-electron chi connectivity index (χ2n) is 7.63. The molecule has 1 heterocycles. The zero-order valence-corrected chi connectivity index (χ0v) is 20.5. The Labute approximate surface area is 198 Å². The fraction of sp³-hybridized carbons (Fsp3) is 0.458. The molecule has 2 rings (SSSR count). The van der Waals surface area contributed by atoms with Gasteiger partial charge in [-0.1, -0.05) is 26.7 Å². The lowest BCUT2D eigenvalue weighted by molar-refractivity contribution is -0.114. The van der Waals surface area contributed by atoms with Gasteiger partial charge in [-0.3, -0.25) is 19.1 Å². The Kier molecular flexibility index (Phi) is 9.78. The van der Waals surface area contributed by atoms with Crippen molar-refractivity contribution in [2.75, 3.05) is 38.5 Å². The number of ether oxygens (including phenoxy) is 3. The zero-order chi connectivity index (χ0) is 25.3. The van der Waals surface area contributed by atoms with Gasteiger partial charge in [0.25, 0.3) is 11.5 Å². The third-order valence-corrected chi connectivity index (χ3v) is 5.33. The maximum atomic E-state index is 13.2. The van der Waals surface area contributed by atoms with Gasteiger partial charge in [-0.25, -0.2) is 4.79 Å². The summed E-state index contributed by atoms with van der Waals surface area (Å²) in [7, 11) is 4.52. The van der Waals surface area contributed by atoms with Crippen LogP contribution in [0.15, 0.2) is 27.8 Å². The maximum absolute atomic E-state index is 13.2. The lowest BCUT2D eigenvalue weighted by Crippen LogP contribution is -2.41. The summed E-state index contributed by atoms with van der Waals surface area (Å²) in [5.41, 5.74) is 5.56. The van der Waals surface area contributed by atoms with Gasteiger partial charge in [-0.2, -0.15) is 0 Å². The lowest BCUT2D eigenvalue weighted by atomic mass is 10.1. The summed E-state index contributed by atoms with van der Waals surface area (Å²) >= 11 is 0. The Morgan fingerprint density at radius 3 is 2.21 bits per heavy atom. The first-order chi connectivity index (χ1) is 16.3. The minimum absolute atomic E-state index is 0.0205. The second-order valence-corrected chi connectivity index (χ2v) is 7.63. The fourth-order valence-corrected chi connectivity index (χ4v) is 3.48. The van der Waals surface area contributed by atoms with Crippen LogP contribution in [0.3, 0.4) is 0 Å². The monoisotopic (exact) mass is 474 g/mol. The number of aromatic nitrogens is 2. The highest BCUT2D eigenvalue weighted by molar-refractivity contribution is 6.05. The van der Waals surface area contributed by atoms with Crippen LogP contribution in [0.4, 0.5) is 11.5 Å². The summed E-state index contributed by atoms with van der Waals surface area (Å²) in [6.45, 7) is 4.58. The SMILES string of the molecule is CCCCN(C(=O)/C=C/c1cc(OC)c(OC)c(OC)c1)c1c(N)n(CCCC)c(=O)[nH]c1=O. The molecule has 10 nitrogen and oxygen atoms in total. The number of hydrogen-bond donors (Lipinski definition) is 2. The van der Waals surface area contributed by atoms with Crippen molar-refractivity contribution in [3.05, 3.63) is 44.6 Å². The van der Waals surface area contributed by atoms with Crippen molar-refractivity contribution < 1.29 is 19.0 Å². The molecule has 10 heteroatoms. The predicted molar refractivity (Wildman–Crippen MR) is 133 cm³/mol. The predicted octanol–water partition coefficient (Wildman–Crippen LogP) is 2.79. The molecule has 186 valence electrons. The summed E-state index contributed by atoms with van der Waals surface area (Å²) in [6, 6.07) is 3.40. The molecule has 0 bridgehead atoms. The molecule has 0 saturated carbocycles. The first kappa shape index (κ1) is 26.6. The Morgan fingerprint density at radius 1 is 1.06 bits per heavy atom. The van der Waals surface area contributed by atoms with Crippen LogP contribution in [0.1, 0.15) is 45.1 Å². The van der Waals surface area contributed by atoms with Crippen molar-refractivity contribution in [2.45, 2.75) is 46.1 Å². The molecule has 0 atom stereocenters. The molecular weight excluding hydrogens is 440 g/mol. The molecule has 2 aromatic rings. The molecule has 3 N–H and O–H groups in total. The smallest absolute Gasteiger partial charge is 0.330 e. The highest BCUT2D eigenvalue weighted by Crippen LogP contribution is 2.38. The van der Waals surface area contributed by atoms with Crippen molar-refractivity contribution in [1.29, 1.82) is 0 Å². The van der Waals surface area contributed by atoms with Gasteiger partial charge < -0.3 is 24.8 Å². The topological polar surface area (TPSA) is 129 Å². The van der Waals surface area contributed by atoms with Crippen molar-refractivity contribution >= 4 is 23.5 Å². The zero-order valence-electron chi connectivity index (χ0n) is 20.5. The second kappa shape index (κ2) is 12.5. The largest absolute Gasteiger partial charge is 0.493 e.